The van der Waals surface area contributed by atoms with Crippen LogP contribution in [0, 0.1) is 11.3 Å². The minimum absolute atomic E-state index is 0.0625. The molecule has 9 nitrogen and oxygen atoms in total. The van der Waals surface area contributed by atoms with Crippen LogP contribution < -0.4 is 15.4 Å². The molecule has 1 aromatic heterocycles. The summed E-state index contributed by atoms with van der Waals surface area (Å²) in [5.41, 5.74) is 0.0471. The van der Waals surface area contributed by atoms with Crippen LogP contribution in [-0.4, -0.2) is 55.4 Å². The molecule has 1 aromatic carbocycles. The van der Waals surface area contributed by atoms with Gasteiger partial charge in [-0.05, 0) is 51.0 Å². The van der Waals surface area contributed by atoms with E-state index in [1.165, 1.54) is 12.3 Å². The van der Waals surface area contributed by atoms with Crippen molar-refractivity contribution in [2.24, 2.45) is 0 Å². The zero-order chi connectivity index (χ0) is 23.2. The van der Waals surface area contributed by atoms with Gasteiger partial charge in [-0.25, -0.2) is 13.4 Å². The number of amides is 1. The number of para-hydroxylation sites is 1. The van der Waals surface area contributed by atoms with Gasteiger partial charge in [-0.15, -0.1) is 0 Å². The van der Waals surface area contributed by atoms with Gasteiger partial charge in [0.25, 0.3) is 10.0 Å². The fraction of sp³-hybridized carbons (Fsp3) is 0.409. The van der Waals surface area contributed by atoms with Gasteiger partial charge < -0.3 is 15.5 Å². The van der Waals surface area contributed by atoms with Crippen molar-refractivity contribution in [3.8, 4) is 6.07 Å². The first-order valence-corrected chi connectivity index (χ1v) is 11.9. The van der Waals surface area contributed by atoms with E-state index in [4.69, 9.17) is 5.26 Å². The Balaban J connectivity index is 1.51. The van der Waals surface area contributed by atoms with Gasteiger partial charge in [-0.1, -0.05) is 18.2 Å². The number of carbonyl (C=O) groups is 1. The number of sulfonamides is 1. The highest BCUT2D eigenvalue weighted by atomic mass is 32.2. The molecule has 170 valence electrons. The molecule has 0 unspecified atom stereocenters. The normalized spacial score (nSPS) is 16.4. The summed E-state index contributed by atoms with van der Waals surface area (Å²) in [6, 6.07) is 13.6. The highest BCUT2D eigenvalue weighted by Crippen LogP contribution is 2.18. The van der Waals surface area contributed by atoms with Gasteiger partial charge in [0.15, 0.2) is 0 Å². The summed E-state index contributed by atoms with van der Waals surface area (Å²) in [6.07, 6.45) is 2.88. The molecule has 1 fully saturated rings. The molecule has 10 heteroatoms. The number of pyridine rings is 1. The van der Waals surface area contributed by atoms with Crippen molar-refractivity contribution in [2.75, 3.05) is 29.7 Å². The van der Waals surface area contributed by atoms with Crippen LogP contribution in [0.1, 0.15) is 26.7 Å². The van der Waals surface area contributed by atoms with Crippen LogP contribution in [-0.2, 0) is 14.8 Å². The van der Waals surface area contributed by atoms with E-state index in [0.29, 0.717) is 24.6 Å². The van der Waals surface area contributed by atoms with Crippen molar-refractivity contribution in [3.05, 3.63) is 48.7 Å². The third kappa shape index (κ3) is 6.18. The molecule has 32 heavy (non-hydrogen) atoms. The Hall–Kier alpha value is -3.16. The van der Waals surface area contributed by atoms with Gasteiger partial charge in [0, 0.05) is 30.5 Å². The van der Waals surface area contributed by atoms with E-state index in [0.717, 1.165) is 12.8 Å². The molecule has 0 bridgehead atoms. The van der Waals surface area contributed by atoms with Crippen LogP contribution in [0.4, 0.5) is 11.5 Å². The number of anilines is 2. The highest BCUT2D eigenvalue weighted by molar-refractivity contribution is 7.92. The standard InChI is InChI=1S/C22H28N6O3S/c1-22(2,26-15-21(29)28-12-6-9-18(28)13-23)16-25-20-11-10-19(14-24-20)32(30,31)27-17-7-4-3-5-8-17/h3-5,7-8,10-11,14,18,26-27H,6,9,12,15-16H2,1-2H3,(H,24,25)/t18-/m0/s1. The predicted molar refractivity (Wildman–Crippen MR) is 122 cm³/mol. The number of hydrogen-bond donors (Lipinski definition) is 3. The summed E-state index contributed by atoms with van der Waals surface area (Å²) in [7, 11) is -3.72. The Kier molecular flexibility index (Phi) is 7.33. The molecule has 0 spiro atoms. The predicted octanol–water partition coefficient (Wildman–Crippen LogP) is 2.18. The molecule has 1 aliphatic rings. The van der Waals surface area contributed by atoms with Crippen molar-refractivity contribution in [1.29, 1.82) is 5.26 Å². The molecule has 3 N–H and O–H groups in total. The molecular weight excluding hydrogens is 428 g/mol. The molecule has 2 heterocycles. The first kappa shape index (κ1) is 23.5. The van der Waals surface area contributed by atoms with Crippen LogP contribution in [0.5, 0.6) is 0 Å². The van der Waals surface area contributed by atoms with E-state index in [1.54, 1.807) is 35.2 Å². The van der Waals surface area contributed by atoms with Crippen molar-refractivity contribution in [2.45, 2.75) is 43.2 Å². The number of carbonyl (C=O) groups excluding carboxylic acids is 1. The number of rotatable bonds is 9. The smallest absolute Gasteiger partial charge is 0.263 e. The third-order valence-corrected chi connectivity index (χ3v) is 6.59. The van der Waals surface area contributed by atoms with Gasteiger partial charge in [0.05, 0.1) is 12.6 Å². The lowest BCUT2D eigenvalue weighted by Crippen LogP contribution is -2.50. The van der Waals surface area contributed by atoms with Gasteiger partial charge in [-0.3, -0.25) is 9.52 Å². The van der Waals surface area contributed by atoms with Crippen LogP contribution in [0.15, 0.2) is 53.6 Å². The second-order valence-corrected chi connectivity index (χ2v) is 10.00. The van der Waals surface area contributed by atoms with Gasteiger partial charge in [0.2, 0.25) is 5.91 Å². The van der Waals surface area contributed by atoms with Crippen molar-refractivity contribution in [1.82, 2.24) is 15.2 Å². The van der Waals surface area contributed by atoms with Gasteiger partial charge in [-0.2, -0.15) is 5.26 Å². The van der Waals surface area contributed by atoms with E-state index in [9.17, 15) is 13.2 Å². The van der Waals surface area contributed by atoms with Crippen molar-refractivity contribution in [3.63, 3.8) is 0 Å². The lowest BCUT2D eigenvalue weighted by atomic mass is 10.1. The highest BCUT2D eigenvalue weighted by Gasteiger charge is 2.29. The van der Waals surface area contributed by atoms with E-state index < -0.39 is 15.6 Å². The maximum Gasteiger partial charge on any atom is 0.263 e. The number of likely N-dealkylation sites (tertiary alicyclic amines) is 1. The second kappa shape index (κ2) is 9.97. The Morgan fingerprint density at radius 3 is 2.66 bits per heavy atom. The average Bonchev–Trinajstić information content (AvgIpc) is 3.26. The summed E-state index contributed by atoms with van der Waals surface area (Å²) < 4.78 is 27.5. The third-order valence-electron chi connectivity index (χ3n) is 5.22. The number of benzene rings is 1. The number of nitrogens with zero attached hydrogens (tertiary/aromatic N) is 3. The maximum absolute atomic E-state index is 12.5. The van der Waals surface area contributed by atoms with Crippen molar-refractivity contribution < 1.29 is 13.2 Å². The summed E-state index contributed by atoms with van der Waals surface area (Å²) >= 11 is 0. The summed E-state index contributed by atoms with van der Waals surface area (Å²) in [4.78, 5) is 18.3. The van der Waals surface area contributed by atoms with Crippen LogP contribution in [0.2, 0.25) is 0 Å². The molecule has 1 amide bonds. The summed E-state index contributed by atoms with van der Waals surface area (Å²) in [6.45, 7) is 5.12. The molecule has 1 saturated heterocycles. The number of aromatic nitrogens is 1. The SMILES string of the molecule is CC(C)(CNc1ccc(S(=O)(=O)Nc2ccccc2)cn1)NCC(=O)N1CCC[C@H]1C#N. The molecule has 1 atom stereocenters. The fourth-order valence-electron chi connectivity index (χ4n) is 3.35. The van der Waals surface area contributed by atoms with Crippen LogP contribution in [0.3, 0.4) is 0 Å². The van der Waals surface area contributed by atoms with E-state index in [-0.39, 0.29) is 23.4 Å². The number of hydrogen-bond acceptors (Lipinski definition) is 7. The molecular formula is C22H28N6O3S. The quantitative estimate of drug-likeness (QED) is 0.528. The lowest BCUT2D eigenvalue weighted by Gasteiger charge is -2.28. The van der Waals surface area contributed by atoms with E-state index in [2.05, 4.69) is 26.4 Å². The fourth-order valence-corrected chi connectivity index (χ4v) is 4.36. The number of nitriles is 1. The molecule has 0 aliphatic carbocycles. The van der Waals surface area contributed by atoms with Gasteiger partial charge in [0.1, 0.15) is 16.8 Å². The van der Waals surface area contributed by atoms with E-state index >= 15 is 0 Å². The number of nitrogens with one attached hydrogen (secondary N) is 3. The zero-order valence-electron chi connectivity index (χ0n) is 18.2. The molecule has 3 rings (SSSR count). The first-order valence-electron chi connectivity index (χ1n) is 10.4. The Morgan fingerprint density at radius 2 is 2.00 bits per heavy atom. The Labute approximate surface area is 188 Å². The van der Waals surface area contributed by atoms with E-state index in [1.807, 2.05) is 19.9 Å². The van der Waals surface area contributed by atoms with Crippen molar-refractivity contribution >= 4 is 27.4 Å². The zero-order valence-corrected chi connectivity index (χ0v) is 19.0. The van der Waals surface area contributed by atoms with Crippen LogP contribution in [0.25, 0.3) is 0 Å². The largest absolute Gasteiger partial charge is 0.368 e. The monoisotopic (exact) mass is 456 g/mol. The Bertz CT molecular complexity index is 1070. The van der Waals surface area contributed by atoms with Crippen LogP contribution >= 0.6 is 0 Å². The molecule has 0 saturated carbocycles. The summed E-state index contributed by atoms with van der Waals surface area (Å²) in [5.74, 6) is 0.440. The Morgan fingerprint density at radius 1 is 1.25 bits per heavy atom. The molecule has 2 aromatic rings. The topological polar surface area (TPSA) is 127 Å². The summed E-state index contributed by atoms with van der Waals surface area (Å²) in [5, 5.41) is 15.5. The van der Waals surface area contributed by atoms with Gasteiger partial charge >= 0.3 is 0 Å². The minimum Gasteiger partial charge on any atom is -0.368 e. The maximum atomic E-state index is 12.5. The average molecular weight is 457 g/mol. The molecule has 1 aliphatic heterocycles. The first-order chi connectivity index (χ1) is 15.2. The second-order valence-electron chi connectivity index (χ2n) is 8.32. The molecule has 0 radical (unpaired) electrons. The minimum atomic E-state index is -3.72. The lowest BCUT2D eigenvalue weighted by molar-refractivity contribution is -0.130.